The molecule has 0 unspecified atom stereocenters. The Kier molecular flexibility index (Phi) is 11.4. The summed E-state index contributed by atoms with van der Waals surface area (Å²) in [6.07, 6.45) is -3.48. The number of piperidine rings is 2. The first-order chi connectivity index (χ1) is 23.3. The van der Waals surface area contributed by atoms with Crippen LogP contribution in [0, 0.1) is 5.92 Å². The molecule has 2 saturated heterocycles. The Morgan fingerprint density at radius 3 is 1.83 bits per heavy atom. The lowest BCUT2D eigenvalue weighted by molar-refractivity contribution is -0.202. The molecule has 254 valence electrons. The van der Waals surface area contributed by atoms with Crippen LogP contribution in [0.25, 0.3) is 0 Å². The van der Waals surface area contributed by atoms with E-state index < -0.39 is 11.9 Å². The largest absolute Gasteiger partial charge is 0.433 e. The van der Waals surface area contributed by atoms with E-state index in [9.17, 15) is 13.2 Å². The van der Waals surface area contributed by atoms with E-state index in [0.717, 1.165) is 42.1 Å². The summed E-state index contributed by atoms with van der Waals surface area (Å²) in [5.74, 6) is 0.618. The highest BCUT2D eigenvalue weighted by Crippen LogP contribution is 2.33. The van der Waals surface area contributed by atoms with Gasteiger partial charge in [0.25, 0.3) is 0 Å². The maximum absolute atomic E-state index is 13.4. The molecule has 48 heavy (non-hydrogen) atoms. The third kappa shape index (κ3) is 9.02. The van der Waals surface area contributed by atoms with Gasteiger partial charge in [0, 0.05) is 32.2 Å². The van der Waals surface area contributed by atoms with E-state index in [-0.39, 0.29) is 30.3 Å². The molecule has 2 fully saturated rings. The van der Waals surface area contributed by atoms with Gasteiger partial charge >= 0.3 is 6.18 Å². The van der Waals surface area contributed by atoms with E-state index >= 15 is 0 Å². The van der Waals surface area contributed by atoms with Crippen molar-refractivity contribution in [1.29, 1.82) is 0 Å². The normalized spacial score (nSPS) is 23.7. The van der Waals surface area contributed by atoms with Crippen LogP contribution in [0.3, 0.4) is 0 Å². The monoisotopic (exact) mass is 659 g/mol. The summed E-state index contributed by atoms with van der Waals surface area (Å²) in [5, 5.41) is 0. The highest BCUT2D eigenvalue weighted by atomic mass is 19.4. The van der Waals surface area contributed by atoms with Gasteiger partial charge < -0.3 is 19.1 Å². The number of alkyl halides is 3. The first kappa shape index (κ1) is 34.1. The van der Waals surface area contributed by atoms with Gasteiger partial charge in [-0.2, -0.15) is 13.2 Å². The van der Waals surface area contributed by atoms with Crippen LogP contribution >= 0.6 is 0 Å². The number of hydrogen-bond acceptors (Lipinski definition) is 6. The molecule has 2 aliphatic heterocycles. The molecule has 0 N–H and O–H groups in total. The van der Waals surface area contributed by atoms with Crippen LogP contribution in [0.1, 0.15) is 42.1 Å². The van der Waals surface area contributed by atoms with Crippen molar-refractivity contribution in [2.75, 3.05) is 31.1 Å². The molecule has 0 spiro atoms. The lowest BCUT2D eigenvalue weighted by Gasteiger charge is -2.49. The molecule has 2 aliphatic rings. The van der Waals surface area contributed by atoms with Gasteiger partial charge in [0.15, 0.2) is 0 Å². The number of anilines is 1. The molecular formula is C39H44F3N3O3. The Balaban J connectivity index is 1.22. The average molecular weight is 660 g/mol. The summed E-state index contributed by atoms with van der Waals surface area (Å²) in [4.78, 5) is 8.41. The minimum Gasteiger partial charge on any atom is -0.369 e. The first-order valence-corrected chi connectivity index (χ1v) is 16.8. The van der Waals surface area contributed by atoms with Crippen LogP contribution in [-0.2, 0) is 40.2 Å². The number of rotatable bonds is 12. The van der Waals surface area contributed by atoms with Gasteiger partial charge in [-0.05, 0) is 54.5 Å². The number of hydrogen-bond donors (Lipinski definition) is 0. The second-order valence-electron chi connectivity index (χ2n) is 12.9. The molecule has 0 aliphatic carbocycles. The third-order valence-electron chi connectivity index (χ3n) is 9.39. The number of pyridine rings is 1. The fourth-order valence-corrected chi connectivity index (χ4v) is 6.84. The Hall–Kier alpha value is -3.76. The van der Waals surface area contributed by atoms with Crippen LogP contribution < -0.4 is 4.90 Å². The quantitative estimate of drug-likeness (QED) is 0.155. The van der Waals surface area contributed by atoms with Crippen molar-refractivity contribution in [3.8, 4) is 0 Å². The smallest absolute Gasteiger partial charge is 0.369 e. The maximum Gasteiger partial charge on any atom is 0.433 e. The van der Waals surface area contributed by atoms with Gasteiger partial charge in [0.1, 0.15) is 23.7 Å². The molecule has 0 radical (unpaired) electrons. The Bertz CT molecular complexity index is 1540. The number of benzene rings is 3. The number of aromatic nitrogens is 1. The van der Waals surface area contributed by atoms with E-state index in [2.05, 4.69) is 53.2 Å². The van der Waals surface area contributed by atoms with Crippen molar-refractivity contribution in [2.45, 2.75) is 70.1 Å². The Morgan fingerprint density at radius 2 is 1.25 bits per heavy atom. The molecular weight excluding hydrogens is 615 g/mol. The summed E-state index contributed by atoms with van der Waals surface area (Å²) in [7, 11) is 0. The number of nitrogens with zero attached hydrogens (tertiary/aromatic N) is 3. The van der Waals surface area contributed by atoms with E-state index in [1.54, 1.807) is 6.07 Å². The summed E-state index contributed by atoms with van der Waals surface area (Å²) in [6, 6.07) is 34.6. The maximum atomic E-state index is 13.4. The van der Waals surface area contributed by atoms with E-state index in [4.69, 9.17) is 14.2 Å². The van der Waals surface area contributed by atoms with Gasteiger partial charge in [0.2, 0.25) is 0 Å². The third-order valence-corrected chi connectivity index (χ3v) is 9.39. The number of ether oxygens (including phenoxy) is 3. The van der Waals surface area contributed by atoms with Crippen molar-refractivity contribution in [3.05, 3.63) is 132 Å². The SMILES string of the molecule is C[C@@H]1[C@@H](OCc2ccccc2)[C@H](OCc2ccccc2)[C@@H](OCc2ccccc2)CN1C[C@@H]1CCCN(c2cccc(C(F)(F)F)n2)C1. The molecule has 0 bridgehead atoms. The van der Waals surface area contributed by atoms with Gasteiger partial charge in [-0.15, -0.1) is 0 Å². The molecule has 3 aromatic carbocycles. The number of likely N-dealkylation sites (tertiary alicyclic amines) is 1. The fraction of sp³-hybridized carbons (Fsp3) is 0.410. The second kappa shape index (κ2) is 16.1. The van der Waals surface area contributed by atoms with E-state index in [0.29, 0.717) is 45.3 Å². The second-order valence-corrected chi connectivity index (χ2v) is 12.9. The van der Waals surface area contributed by atoms with Gasteiger partial charge in [-0.3, -0.25) is 4.90 Å². The molecule has 3 heterocycles. The Morgan fingerprint density at radius 1 is 0.688 bits per heavy atom. The van der Waals surface area contributed by atoms with Gasteiger partial charge in [-0.25, -0.2) is 4.98 Å². The molecule has 1 aromatic heterocycles. The van der Waals surface area contributed by atoms with Crippen molar-refractivity contribution in [2.24, 2.45) is 5.92 Å². The molecule has 9 heteroatoms. The van der Waals surface area contributed by atoms with Gasteiger partial charge in [0.05, 0.1) is 25.9 Å². The molecule has 0 amide bonds. The van der Waals surface area contributed by atoms with E-state index in [1.807, 2.05) is 59.5 Å². The molecule has 5 atom stereocenters. The zero-order valence-corrected chi connectivity index (χ0v) is 27.3. The van der Waals surface area contributed by atoms with Crippen molar-refractivity contribution in [1.82, 2.24) is 9.88 Å². The summed E-state index contributed by atoms with van der Waals surface area (Å²) in [6.45, 7) is 6.25. The summed E-state index contributed by atoms with van der Waals surface area (Å²) >= 11 is 0. The van der Waals surface area contributed by atoms with Crippen LogP contribution in [0.2, 0.25) is 0 Å². The minimum atomic E-state index is -4.48. The highest BCUT2D eigenvalue weighted by Gasteiger charge is 2.45. The predicted octanol–water partition coefficient (Wildman–Crippen LogP) is 7.78. The highest BCUT2D eigenvalue weighted by molar-refractivity contribution is 5.40. The lowest BCUT2D eigenvalue weighted by atomic mass is 9.90. The fourth-order valence-electron chi connectivity index (χ4n) is 6.84. The molecule has 4 aromatic rings. The average Bonchev–Trinajstić information content (AvgIpc) is 3.12. The molecule has 6 nitrogen and oxygen atoms in total. The van der Waals surface area contributed by atoms with E-state index in [1.165, 1.54) is 6.07 Å². The Labute approximate surface area is 281 Å². The van der Waals surface area contributed by atoms with Crippen molar-refractivity contribution in [3.63, 3.8) is 0 Å². The standard InChI is InChI=1S/C39H44F3N3O3/c1-29-37(47-27-31-15-7-3-8-16-31)38(48-28-32-17-9-4-10-18-32)34(46-26-30-13-5-2-6-14-30)25-45(29)24-33-19-12-22-44(23-33)36-21-11-20-35(43-36)39(40,41)42/h2-11,13-18,20-21,29,33-34,37-38H,12,19,22-28H2,1H3/t29-,33-,34+,37-,38-/m1/s1. The summed E-state index contributed by atoms with van der Waals surface area (Å²) < 4.78 is 60.5. The molecule has 0 saturated carbocycles. The minimum absolute atomic E-state index is 0.00752. The zero-order chi connectivity index (χ0) is 33.3. The lowest BCUT2D eigenvalue weighted by Crippen LogP contribution is -2.63. The molecule has 6 rings (SSSR count). The number of halogens is 3. The van der Waals surface area contributed by atoms with Crippen LogP contribution in [0.15, 0.2) is 109 Å². The van der Waals surface area contributed by atoms with Crippen LogP contribution in [0.5, 0.6) is 0 Å². The zero-order valence-electron chi connectivity index (χ0n) is 27.3. The van der Waals surface area contributed by atoms with Crippen molar-refractivity contribution >= 4 is 5.82 Å². The first-order valence-electron chi connectivity index (χ1n) is 16.8. The van der Waals surface area contributed by atoms with Crippen molar-refractivity contribution < 1.29 is 27.4 Å². The van der Waals surface area contributed by atoms with Crippen LogP contribution in [0.4, 0.5) is 19.0 Å². The van der Waals surface area contributed by atoms with Gasteiger partial charge in [-0.1, -0.05) is 97.1 Å². The van der Waals surface area contributed by atoms with Crippen LogP contribution in [-0.4, -0.2) is 60.4 Å². The summed E-state index contributed by atoms with van der Waals surface area (Å²) in [5.41, 5.74) is 2.40. The predicted molar refractivity (Wildman–Crippen MR) is 180 cm³/mol. The topological polar surface area (TPSA) is 47.1 Å².